The smallest absolute Gasteiger partial charge is 0.478 e. The molecule has 0 atom stereocenters. The lowest BCUT2D eigenvalue weighted by Gasteiger charge is -2.13. The van der Waals surface area contributed by atoms with Crippen molar-refractivity contribution in [2.45, 2.75) is 18.2 Å². The Morgan fingerprint density at radius 3 is 2.24 bits per heavy atom. The van der Waals surface area contributed by atoms with E-state index in [2.05, 4.69) is 4.74 Å². The van der Waals surface area contributed by atoms with Crippen LogP contribution in [0.15, 0.2) is 47.4 Å². The minimum absolute atomic E-state index is 0.120. The van der Waals surface area contributed by atoms with Crippen LogP contribution in [0.4, 0.5) is 18.9 Å². The third kappa shape index (κ3) is 4.86. The number of benzene rings is 2. The number of ether oxygens (including phenoxy) is 1. The monoisotopic (exact) mass is 375 g/mol. The summed E-state index contributed by atoms with van der Waals surface area (Å²) < 4.78 is 66.9. The van der Waals surface area contributed by atoms with Crippen LogP contribution in [0, 0.1) is 6.92 Å². The van der Waals surface area contributed by atoms with Gasteiger partial charge in [0.25, 0.3) is 10.0 Å². The Labute approximate surface area is 140 Å². The van der Waals surface area contributed by atoms with Crippen molar-refractivity contribution in [3.05, 3.63) is 53.6 Å². The highest BCUT2D eigenvalue weighted by atomic mass is 32.2. The number of sulfonamides is 1. The van der Waals surface area contributed by atoms with Crippen LogP contribution in [0.1, 0.15) is 15.9 Å². The number of alkyl halides is 3. The highest BCUT2D eigenvalue weighted by Crippen LogP contribution is 2.28. The predicted molar refractivity (Wildman–Crippen MR) is 82.1 cm³/mol. The second-order valence-electron chi connectivity index (χ2n) is 4.98. The normalized spacial score (nSPS) is 11.8. The van der Waals surface area contributed by atoms with Crippen molar-refractivity contribution in [2.24, 2.45) is 0 Å². The van der Waals surface area contributed by atoms with Gasteiger partial charge >= 0.3 is 12.3 Å². The molecule has 2 rings (SSSR count). The lowest BCUT2D eigenvalue weighted by Crippen LogP contribution is -2.18. The SMILES string of the molecule is Cc1ccc(S(=O)(=O)Nc2ccc(OC(F)(F)F)cc2C(=O)O)cc1. The number of aromatic carboxylic acids is 1. The third-order valence-corrected chi connectivity index (χ3v) is 4.41. The molecule has 0 unspecified atom stereocenters. The maximum absolute atomic E-state index is 12.3. The second-order valence-corrected chi connectivity index (χ2v) is 6.66. The molecule has 0 saturated heterocycles. The molecule has 0 amide bonds. The molecule has 25 heavy (non-hydrogen) atoms. The average Bonchev–Trinajstić information content (AvgIpc) is 2.47. The molecular weight excluding hydrogens is 363 g/mol. The van der Waals surface area contributed by atoms with Gasteiger partial charge in [0.2, 0.25) is 0 Å². The van der Waals surface area contributed by atoms with Gasteiger partial charge in [0.05, 0.1) is 16.1 Å². The molecule has 0 saturated carbocycles. The minimum atomic E-state index is -5.00. The maximum Gasteiger partial charge on any atom is 0.573 e. The first kappa shape index (κ1) is 18.6. The van der Waals surface area contributed by atoms with Crippen molar-refractivity contribution in [1.29, 1.82) is 0 Å². The number of nitrogens with one attached hydrogen (secondary N) is 1. The maximum atomic E-state index is 12.3. The minimum Gasteiger partial charge on any atom is -0.478 e. The zero-order chi connectivity index (χ0) is 18.8. The predicted octanol–water partition coefficient (Wildman–Crippen LogP) is 3.39. The van der Waals surface area contributed by atoms with Gasteiger partial charge in [-0.25, -0.2) is 13.2 Å². The molecule has 2 aromatic carbocycles. The first-order valence-corrected chi connectivity index (χ1v) is 8.19. The van der Waals surface area contributed by atoms with Gasteiger partial charge in [-0.1, -0.05) is 17.7 Å². The second kappa shape index (κ2) is 6.63. The lowest BCUT2D eigenvalue weighted by molar-refractivity contribution is -0.274. The van der Waals surface area contributed by atoms with E-state index in [0.717, 1.165) is 17.7 Å². The molecule has 134 valence electrons. The third-order valence-electron chi connectivity index (χ3n) is 3.03. The molecular formula is C15H12F3NO5S. The summed E-state index contributed by atoms with van der Waals surface area (Å²) in [5, 5.41) is 9.12. The molecule has 0 aliphatic heterocycles. The summed E-state index contributed by atoms with van der Waals surface area (Å²) in [6, 6.07) is 8.02. The van der Waals surface area contributed by atoms with Crippen LogP contribution in [0.3, 0.4) is 0 Å². The Bertz CT molecular complexity index is 892. The first-order chi connectivity index (χ1) is 11.5. The molecule has 0 bridgehead atoms. The number of hydrogen-bond donors (Lipinski definition) is 2. The lowest BCUT2D eigenvalue weighted by atomic mass is 10.2. The van der Waals surface area contributed by atoms with Crippen LogP contribution in [0.5, 0.6) is 5.75 Å². The number of carbonyl (C=O) groups is 1. The van der Waals surface area contributed by atoms with Crippen molar-refractivity contribution in [2.75, 3.05) is 4.72 Å². The Hall–Kier alpha value is -2.75. The van der Waals surface area contributed by atoms with Gasteiger partial charge in [-0.2, -0.15) is 0 Å². The molecule has 0 heterocycles. The van der Waals surface area contributed by atoms with Crippen molar-refractivity contribution in [1.82, 2.24) is 0 Å². The Kier molecular flexibility index (Phi) is 4.93. The number of rotatable bonds is 5. The number of hydrogen-bond acceptors (Lipinski definition) is 4. The molecule has 0 aliphatic carbocycles. The van der Waals surface area contributed by atoms with E-state index in [1.165, 1.54) is 12.1 Å². The van der Waals surface area contributed by atoms with Crippen LogP contribution >= 0.6 is 0 Å². The van der Waals surface area contributed by atoms with Crippen LogP contribution < -0.4 is 9.46 Å². The van der Waals surface area contributed by atoms with E-state index < -0.39 is 33.7 Å². The summed E-state index contributed by atoms with van der Waals surface area (Å²) in [5.74, 6) is -2.39. The summed E-state index contributed by atoms with van der Waals surface area (Å²) in [5.41, 5.74) is -0.251. The number of carboxylic acids is 1. The molecule has 6 nitrogen and oxygen atoms in total. The fraction of sp³-hybridized carbons (Fsp3) is 0.133. The summed E-state index contributed by atoms with van der Waals surface area (Å²) >= 11 is 0. The topological polar surface area (TPSA) is 92.7 Å². The van der Waals surface area contributed by atoms with Crippen LogP contribution in [-0.4, -0.2) is 25.9 Å². The highest BCUT2D eigenvalue weighted by Gasteiger charge is 2.31. The van der Waals surface area contributed by atoms with E-state index in [1.807, 2.05) is 4.72 Å². The van der Waals surface area contributed by atoms with Gasteiger partial charge in [0.1, 0.15) is 5.75 Å². The van der Waals surface area contributed by atoms with Crippen molar-refractivity contribution >= 4 is 21.7 Å². The van der Waals surface area contributed by atoms with Crippen molar-refractivity contribution < 1.29 is 36.2 Å². The highest BCUT2D eigenvalue weighted by molar-refractivity contribution is 7.92. The number of carboxylic acid groups (broad SMARTS) is 1. The van der Waals surface area contributed by atoms with Gasteiger partial charge in [0.15, 0.2) is 0 Å². The summed E-state index contributed by atoms with van der Waals surface area (Å²) in [7, 11) is -4.11. The Morgan fingerprint density at radius 1 is 1.12 bits per heavy atom. The van der Waals surface area contributed by atoms with Crippen LogP contribution in [0.2, 0.25) is 0 Å². The van der Waals surface area contributed by atoms with Gasteiger partial charge in [-0.3, -0.25) is 4.72 Å². The van der Waals surface area contributed by atoms with E-state index in [1.54, 1.807) is 19.1 Å². The molecule has 0 spiro atoms. The van der Waals surface area contributed by atoms with E-state index in [-0.39, 0.29) is 10.6 Å². The molecule has 10 heteroatoms. The van der Waals surface area contributed by atoms with Gasteiger partial charge in [-0.05, 0) is 37.3 Å². The van der Waals surface area contributed by atoms with Gasteiger partial charge in [-0.15, -0.1) is 13.2 Å². The summed E-state index contributed by atoms with van der Waals surface area (Å²) in [6.45, 7) is 1.76. The van der Waals surface area contributed by atoms with E-state index in [9.17, 15) is 26.4 Å². The fourth-order valence-electron chi connectivity index (χ4n) is 1.91. The fourth-order valence-corrected chi connectivity index (χ4v) is 2.99. The number of halogens is 3. The average molecular weight is 375 g/mol. The Morgan fingerprint density at radius 2 is 1.72 bits per heavy atom. The molecule has 0 aromatic heterocycles. The zero-order valence-electron chi connectivity index (χ0n) is 12.7. The number of aryl methyl sites for hydroxylation is 1. The largest absolute Gasteiger partial charge is 0.573 e. The molecule has 0 radical (unpaired) electrons. The van der Waals surface area contributed by atoms with Crippen molar-refractivity contribution in [3.8, 4) is 5.75 Å². The molecule has 2 aromatic rings. The van der Waals surface area contributed by atoms with Crippen LogP contribution in [-0.2, 0) is 10.0 Å². The summed E-state index contributed by atoms with van der Waals surface area (Å²) in [4.78, 5) is 11.1. The van der Waals surface area contributed by atoms with Gasteiger partial charge in [0, 0.05) is 0 Å². The zero-order valence-corrected chi connectivity index (χ0v) is 13.5. The quantitative estimate of drug-likeness (QED) is 0.836. The van der Waals surface area contributed by atoms with E-state index in [4.69, 9.17) is 5.11 Å². The van der Waals surface area contributed by atoms with Crippen molar-refractivity contribution in [3.63, 3.8) is 0 Å². The van der Waals surface area contributed by atoms with E-state index in [0.29, 0.717) is 6.07 Å². The number of anilines is 1. The first-order valence-electron chi connectivity index (χ1n) is 6.70. The standard InChI is InChI=1S/C15H12F3NO5S/c1-9-2-5-11(6-3-9)25(22,23)19-13-7-4-10(24-15(16,17)18)8-12(13)14(20)21/h2-8,19H,1H3,(H,20,21). The van der Waals surface area contributed by atoms with Gasteiger partial charge < -0.3 is 9.84 Å². The molecule has 0 aliphatic rings. The van der Waals surface area contributed by atoms with Crippen LogP contribution in [0.25, 0.3) is 0 Å². The Balaban J connectivity index is 2.38. The summed E-state index contributed by atoms with van der Waals surface area (Å²) in [6.07, 6.45) is -5.00. The molecule has 2 N–H and O–H groups in total. The molecule has 0 fully saturated rings. The van der Waals surface area contributed by atoms with E-state index >= 15 is 0 Å².